The van der Waals surface area contributed by atoms with Gasteiger partial charge in [-0.05, 0) is 168 Å². The number of aromatic nitrogens is 10. The summed E-state index contributed by atoms with van der Waals surface area (Å²) in [6.07, 6.45) is 7.56. The first-order valence-electron chi connectivity index (χ1n) is 30.4. The van der Waals surface area contributed by atoms with Gasteiger partial charge in [0.15, 0.2) is 5.43 Å². The molecule has 1 N–H and O–H groups in total. The van der Waals surface area contributed by atoms with Crippen molar-refractivity contribution in [2.45, 2.75) is 67.2 Å². The molecule has 18 aromatic rings. The molecule has 456 valence electrons. The lowest BCUT2D eigenvalue weighted by atomic mass is 9.88. The Morgan fingerprint density at radius 3 is 1.49 bits per heavy atom. The van der Waals surface area contributed by atoms with E-state index in [1.807, 2.05) is 85.5 Å². The van der Waals surface area contributed by atoms with E-state index in [4.69, 9.17) is 24.7 Å². The van der Waals surface area contributed by atoms with Crippen molar-refractivity contribution in [2.24, 2.45) is 0 Å². The van der Waals surface area contributed by atoms with E-state index in [2.05, 4.69) is 231 Å². The monoisotopic (exact) mass is 1280 g/mol. The Kier molecular flexibility index (Phi) is 14.8. The number of hydrogen-bond donors (Lipinski definition) is 1. The molecule has 0 amide bonds. The van der Waals surface area contributed by atoms with Gasteiger partial charge in [-0.2, -0.15) is 0 Å². The third-order valence-corrected chi connectivity index (χ3v) is 17.9. The molecule has 18 rings (SSSR count). The van der Waals surface area contributed by atoms with Gasteiger partial charge in [0.1, 0.15) is 34.4 Å². The van der Waals surface area contributed by atoms with Crippen LogP contribution in [-0.4, -0.2) is 47.8 Å². The number of hydrogen-bond acceptors (Lipinski definition) is 7. The Morgan fingerprint density at radius 1 is 0.398 bits per heavy atom. The lowest BCUT2D eigenvalue weighted by molar-refractivity contribution is 0.484. The number of nitrogens with one attached hydrogen (secondary N) is 1. The van der Waals surface area contributed by atoms with E-state index in [9.17, 15) is 4.79 Å². The number of halogens is 1. The molecule has 0 aliphatic rings. The molecule has 0 fully saturated rings. The lowest BCUT2D eigenvalue weighted by Gasteiger charge is -2.20. The second kappa shape index (κ2) is 23.0. The minimum absolute atomic E-state index is 0. The van der Waals surface area contributed by atoms with E-state index in [-0.39, 0.29) is 31.1 Å². The largest absolute Gasteiger partial charge is 0.457 e. The van der Waals surface area contributed by atoms with E-state index in [1.54, 1.807) is 12.1 Å². The molecule has 0 aliphatic heterocycles. The molecule has 0 saturated carbocycles. The first-order valence-corrected chi connectivity index (χ1v) is 31.2. The van der Waals surface area contributed by atoms with Crippen LogP contribution in [0, 0.1) is 0 Å². The molecule has 8 aromatic carbocycles. The molecule has 12 nitrogen and oxygen atoms in total. The molecular weight excluding hydrogens is 1210 g/mol. The van der Waals surface area contributed by atoms with Crippen molar-refractivity contribution in [1.82, 2.24) is 47.8 Å². The zero-order valence-corrected chi connectivity index (χ0v) is 52.4. The van der Waals surface area contributed by atoms with Gasteiger partial charge in [0.25, 0.3) is 0 Å². The molecule has 10 aromatic heterocycles. The highest BCUT2D eigenvalue weighted by molar-refractivity contribution is 9.10. The molecule has 93 heavy (non-hydrogen) atoms. The number of aromatic amines is 1. The highest BCUT2D eigenvalue weighted by atomic mass is 79.9. The minimum Gasteiger partial charge on any atom is -0.457 e. The number of benzene rings is 8. The number of ether oxygens (including phenoxy) is 1. The molecule has 10 heterocycles. The van der Waals surface area contributed by atoms with Crippen LogP contribution in [0.3, 0.4) is 0 Å². The van der Waals surface area contributed by atoms with Crippen molar-refractivity contribution in [3.8, 4) is 23.1 Å². The van der Waals surface area contributed by atoms with Gasteiger partial charge in [-0.3, -0.25) is 27.7 Å². The van der Waals surface area contributed by atoms with Crippen LogP contribution in [0.15, 0.2) is 252 Å². The van der Waals surface area contributed by atoms with Crippen molar-refractivity contribution in [3.63, 3.8) is 0 Å². The second-order valence-corrected chi connectivity index (χ2v) is 26.1. The van der Waals surface area contributed by atoms with Crippen molar-refractivity contribution < 1.29 is 4.74 Å². The van der Waals surface area contributed by atoms with Crippen LogP contribution in [0.5, 0.6) is 11.5 Å². The van der Waals surface area contributed by atoms with Gasteiger partial charge in [0.2, 0.25) is 0 Å². The Hall–Kier alpha value is -11.0. The average molecular weight is 1280 g/mol. The summed E-state index contributed by atoms with van der Waals surface area (Å²) in [4.78, 5) is 39.2. The summed E-state index contributed by atoms with van der Waals surface area (Å²) in [7, 11) is 0. The first kappa shape index (κ1) is 59.6. The summed E-state index contributed by atoms with van der Waals surface area (Å²) in [5, 5.41) is 8.76. The molecule has 0 saturated heterocycles. The van der Waals surface area contributed by atoms with Crippen LogP contribution in [0.1, 0.15) is 67.5 Å². The predicted octanol–water partition coefficient (Wildman–Crippen LogP) is 20.8. The number of imidazole rings is 2. The van der Waals surface area contributed by atoms with Crippen LogP contribution in [0.2, 0.25) is 0 Å². The summed E-state index contributed by atoms with van der Waals surface area (Å²) < 4.78 is 16.5. The van der Waals surface area contributed by atoms with Crippen LogP contribution in [0.4, 0.5) is 0 Å². The molecule has 0 unspecified atom stereocenters. The van der Waals surface area contributed by atoms with Crippen LogP contribution < -0.4 is 10.2 Å². The van der Waals surface area contributed by atoms with Crippen LogP contribution in [0.25, 0.3) is 132 Å². The van der Waals surface area contributed by atoms with Crippen molar-refractivity contribution in [3.05, 3.63) is 269 Å². The Bertz CT molecular complexity index is 6040. The normalized spacial score (nSPS) is 11.9. The smallest absolute Gasteiger partial charge is 0.179 e. The van der Waals surface area contributed by atoms with Crippen LogP contribution >= 0.6 is 15.9 Å². The van der Waals surface area contributed by atoms with Gasteiger partial charge in [0, 0.05) is 78.4 Å². The average Bonchev–Trinajstić information content (AvgIpc) is 1.68. The number of H-pyrrole nitrogens is 1. The Balaban J connectivity index is 0.000000132. The zero-order valence-electron chi connectivity index (χ0n) is 50.8. The van der Waals surface area contributed by atoms with E-state index < -0.39 is 0 Å². The van der Waals surface area contributed by atoms with Gasteiger partial charge < -0.3 is 9.72 Å². The first-order chi connectivity index (χ1) is 44.2. The third-order valence-electron chi connectivity index (χ3n) is 17.4. The summed E-state index contributed by atoms with van der Waals surface area (Å²) in [6.45, 7) is 13.4. The minimum atomic E-state index is -0.00302. The number of para-hydroxylation sites is 6. The molecule has 0 spiro atoms. The fourth-order valence-corrected chi connectivity index (χ4v) is 13.4. The van der Waals surface area contributed by atoms with E-state index in [0.29, 0.717) is 0 Å². The van der Waals surface area contributed by atoms with E-state index in [0.717, 1.165) is 121 Å². The van der Waals surface area contributed by atoms with Crippen molar-refractivity contribution >= 4 is 137 Å². The molecule has 0 atom stereocenters. The maximum absolute atomic E-state index is 11.8. The summed E-state index contributed by atoms with van der Waals surface area (Å²) in [6, 6.07) is 74.1. The van der Waals surface area contributed by atoms with Gasteiger partial charge in [0.05, 0.1) is 66.2 Å². The van der Waals surface area contributed by atoms with Gasteiger partial charge in [-0.15, -0.1) is 0 Å². The highest BCUT2D eigenvalue weighted by Gasteiger charge is 2.22. The highest BCUT2D eigenvalue weighted by Crippen LogP contribution is 2.40. The Morgan fingerprint density at radius 2 is 0.882 bits per heavy atom. The molecule has 0 aliphatic carbocycles. The summed E-state index contributed by atoms with van der Waals surface area (Å²) >= 11 is 3.61. The number of pyridine rings is 6. The second-order valence-electron chi connectivity index (χ2n) is 25.2. The lowest BCUT2D eigenvalue weighted by Crippen LogP contribution is -2.12. The molecular formula is C80H67BrN10O2. The standard InChI is InChI=1S/C39H29N5O.C21H19BrN2.C18H11N3O.2CH4/c1-39(2,3)24-18-20-40-36(21-24)43-32-11-6-4-9-27(32)28-16-14-26(23-35(28)43)45-25-15-17-29-30(22-25)38-42-31-10-5-7-12-33(31)44(38)34-13-8-19-41-37(29)34;1-21(2,3)14-10-11-23-20(12-14)24-18-7-5-4-6-16(18)17-9-8-15(22)13-19(17)24;22-11-7-8-12-13(10-11)18-20-14-4-1-2-5-15(14)21(18)16-6-3-9-19-17(12)16;;/h4-23H,1-3H3;4-13H,1-3H3;1-10,19H;2*1H4. The Labute approximate surface area is 545 Å². The number of rotatable bonds is 4. The van der Waals surface area contributed by atoms with Gasteiger partial charge >= 0.3 is 0 Å². The van der Waals surface area contributed by atoms with E-state index >= 15 is 0 Å². The molecule has 13 heteroatoms. The number of nitrogens with zero attached hydrogens (tertiary/aromatic N) is 9. The maximum Gasteiger partial charge on any atom is 0.179 e. The maximum atomic E-state index is 11.8. The van der Waals surface area contributed by atoms with Crippen LogP contribution in [-0.2, 0) is 10.8 Å². The van der Waals surface area contributed by atoms with E-state index in [1.165, 1.54) is 38.3 Å². The zero-order chi connectivity index (χ0) is 61.9. The van der Waals surface area contributed by atoms with Gasteiger partial charge in [-0.1, -0.05) is 139 Å². The van der Waals surface area contributed by atoms with Crippen molar-refractivity contribution in [1.29, 1.82) is 0 Å². The third kappa shape index (κ3) is 10.2. The fraction of sp³-hybridized carbons (Fsp3) is 0.125. The predicted molar refractivity (Wildman–Crippen MR) is 390 cm³/mol. The SMILES string of the molecule is C.C.CC(C)(C)c1ccnc(-n2c3ccccc3c3ccc(Br)cc32)c1.CC(C)(C)c1ccnc(-n2c3ccccc3c3ccc(Oc4ccc5c(c4)c4nc6ccccc6n4c4cccnc54)cc32)c1.O=c1ccc2c(c1)c1nc3ccccc3n1c1ccc[nH]c21. The quantitative estimate of drug-likeness (QED) is 0.174. The fourth-order valence-electron chi connectivity index (χ4n) is 13.0. The summed E-state index contributed by atoms with van der Waals surface area (Å²) in [5.41, 5.74) is 16.8. The number of fused-ring (bicyclic) bond motifs is 22. The molecule has 0 radical (unpaired) electrons. The molecule has 0 bridgehead atoms. The van der Waals surface area contributed by atoms with Crippen molar-refractivity contribution in [2.75, 3.05) is 0 Å². The van der Waals surface area contributed by atoms with Gasteiger partial charge in [-0.25, -0.2) is 19.9 Å². The topological polar surface area (TPSA) is 125 Å². The summed E-state index contributed by atoms with van der Waals surface area (Å²) in [5.74, 6) is 3.35.